The lowest BCUT2D eigenvalue weighted by molar-refractivity contribution is 0.143. The van der Waals surface area contributed by atoms with E-state index in [9.17, 15) is 14.0 Å². The second kappa shape index (κ2) is 6.28. The first-order valence-electron chi connectivity index (χ1n) is 8.70. The fourth-order valence-corrected chi connectivity index (χ4v) is 3.70. The highest BCUT2D eigenvalue weighted by Crippen LogP contribution is 2.41. The van der Waals surface area contributed by atoms with Gasteiger partial charge in [-0.2, -0.15) is 0 Å². The number of carboxylic acid groups (broad SMARTS) is 1. The zero-order valence-corrected chi connectivity index (χ0v) is 14.4. The minimum absolute atomic E-state index is 0.0124. The zero-order valence-electron chi connectivity index (χ0n) is 14.4. The summed E-state index contributed by atoms with van der Waals surface area (Å²) in [7, 11) is 0. The number of hydrogen-bond acceptors (Lipinski definition) is 5. The largest absolute Gasteiger partial charge is 0.511 e. The standard InChI is InChI=1S/C19H18FN3O4/c1-2-12-16-13(7-14(20)17(12)22-6-5-10(21)8-22)18(24)15(27-19(25)26)9-23(16)11-3-4-11/h1,7,9-11H,3-6,8,21H2,(H,25,26). The van der Waals surface area contributed by atoms with Crippen LogP contribution in [0.25, 0.3) is 10.9 Å². The van der Waals surface area contributed by atoms with Crippen molar-refractivity contribution in [3.8, 4) is 18.1 Å². The third kappa shape index (κ3) is 2.90. The molecule has 2 aromatic rings. The number of benzene rings is 1. The number of fused-ring (bicyclic) bond motifs is 1. The molecular formula is C19H18FN3O4. The lowest BCUT2D eigenvalue weighted by atomic mass is 10.0. The van der Waals surface area contributed by atoms with Gasteiger partial charge in [-0.1, -0.05) is 5.92 Å². The van der Waals surface area contributed by atoms with E-state index in [1.807, 2.05) is 0 Å². The molecule has 2 aliphatic rings. The quantitative estimate of drug-likeness (QED) is 0.633. The van der Waals surface area contributed by atoms with Gasteiger partial charge in [-0.05, 0) is 25.3 Å². The van der Waals surface area contributed by atoms with Crippen LogP contribution in [0.4, 0.5) is 14.9 Å². The molecule has 0 radical (unpaired) electrons. The second-order valence-corrected chi connectivity index (χ2v) is 6.95. The molecule has 1 atom stereocenters. The molecule has 1 aliphatic heterocycles. The average molecular weight is 371 g/mol. The molecule has 2 fully saturated rings. The molecule has 1 aromatic heterocycles. The van der Waals surface area contributed by atoms with Gasteiger partial charge in [0.25, 0.3) is 0 Å². The van der Waals surface area contributed by atoms with Crippen LogP contribution in [-0.2, 0) is 0 Å². The number of terminal acetylenes is 1. The third-order valence-corrected chi connectivity index (χ3v) is 5.03. The Bertz CT molecular complexity index is 1050. The Morgan fingerprint density at radius 1 is 1.41 bits per heavy atom. The van der Waals surface area contributed by atoms with Gasteiger partial charge in [0, 0.05) is 25.2 Å². The fourth-order valence-electron chi connectivity index (χ4n) is 3.70. The summed E-state index contributed by atoms with van der Waals surface area (Å²) in [4.78, 5) is 25.4. The highest BCUT2D eigenvalue weighted by atomic mass is 19.1. The van der Waals surface area contributed by atoms with Gasteiger partial charge in [0.1, 0.15) is 5.82 Å². The molecule has 2 heterocycles. The van der Waals surface area contributed by atoms with E-state index in [1.165, 1.54) is 6.20 Å². The van der Waals surface area contributed by atoms with Crippen molar-refractivity contribution in [2.24, 2.45) is 5.73 Å². The molecule has 7 nitrogen and oxygen atoms in total. The van der Waals surface area contributed by atoms with Crippen molar-refractivity contribution in [1.29, 1.82) is 0 Å². The van der Waals surface area contributed by atoms with Crippen molar-refractivity contribution >= 4 is 22.7 Å². The number of rotatable bonds is 3. The number of ether oxygens (including phenoxy) is 1. The number of anilines is 1. The van der Waals surface area contributed by atoms with Gasteiger partial charge in [-0.25, -0.2) is 9.18 Å². The maximum absolute atomic E-state index is 15.0. The van der Waals surface area contributed by atoms with Crippen LogP contribution in [0, 0.1) is 18.2 Å². The van der Waals surface area contributed by atoms with Gasteiger partial charge in [0.2, 0.25) is 5.43 Å². The Hall–Kier alpha value is -3.05. The summed E-state index contributed by atoms with van der Waals surface area (Å²) >= 11 is 0. The molecule has 27 heavy (non-hydrogen) atoms. The van der Waals surface area contributed by atoms with Crippen LogP contribution >= 0.6 is 0 Å². The summed E-state index contributed by atoms with van der Waals surface area (Å²) in [6.45, 7) is 1.05. The van der Waals surface area contributed by atoms with Crippen molar-refractivity contribution in [1.82, 2.24) is 4.57 Å². The minimum atomic E-state index is -1.60. The SMILES string of the molecule is C#Cc1c(N2CCC(N)C2)c(F)cc2c(=O)c(OC(=O)O)cn(C3CC3)c12. The topological polar surface area (TPSA) is 97.8 Å². The number of nitrogens with two attached hydrogens (primary N) is 1. The van der Waals surface area contributed by atoms with E-state index in [0.717, 1.165) is 25.3 Å². The highest BCUT2D eigenvalue weighted by molar-refractivity contribution is 5.92. The number of aromatic nitrogens is 1. The van der Waals surface area contributed by atoms with Crippen molar-refractivity contribution in [3.05, 3.63) is 33.9 Å². The predicted molar refractivity (Wildman–Crippen MR) is 97.8 cm³/mol. The fraction of sp³-hybridized carbons (Fsp3) is 0.368. The molecule has 0 spiro atoms. The molecule has 1 aliphatic carbocycles. The molecule has 8 heteroatoms. The van der Waals surface area contributed by atoms with Gasteiger partial charge >= 0.3 is 6.16 Å². The van der Waals surface area contributed by atoms with Gasteiger partial charge < -0.3 is 25.0 Å². The van der Waals surface area contributed by atoms with Gasteiger partial charge in [0.15, 0.2) is 5.75 Å². The van der Waals surface area contributed by atoms with Gasteiger partial charge in [-0.3, -0.25) is 4.79 Å². The first-order valence-corrected chi connectivity index (χ1v) is 8.70. The van der Waals surface area contributed by atoms with Crippen LogP contribution in [0.1, 0.15) is 30.9 Å². The Balaban J connectivity index is 2.03. The van der Waals surface area contributed by atoms with Crippen LogP contribution in [0.2, 0.25) is 0 Å². The molecule has 140 valence electrons. The van der Waals surface area contributed by atoms with Crippen LogP contribution in [0.3, 0.4) is 0 Å². The van der Waals surface area contributed by atoms with Crippen LogP contribution in [0.15, 0.2) is 17.1 Å². The normalized spacial score (nSPS) is 19.3. The van der Waals surface area contributed by atoms with E-state index in [1.54, 1.807) is 9.47 Å². The maximum atomic E-state index is 15.0. The molecule has 1 saturated carbocycles. The number of pyridine rings is 1. The van der Waals surface area contributed by atoms with Crippen LogP contribution in [0.5, 0.6) is 5.75 Å². The lowest BCUT2D eigenvalue weighted by Crippen LogP contribution is -2.28. The molecule has 1 aromatic carbocycles. The van der Waals surface area contributed by atoms with E-state index < -0.39 is 17.4 Å². The smallest absolute Gasteiger partial charge is 0.449 e. The van der Waals surface area contributed by atoms with Gasteiger partial charge in [0.05, 0.1) is 28.4 Å². The summed E-state index contributed by atoms with van der Waals surface area (Å²) in [5.41, 5.74) is 6.22. The summed E-state index contributed by atoms with van der Waals surface area (Å²) in [5.74, 6) is 1.55. The van der Waals surface area contributed by atoms with E-state index in [4.69, 9.17) is 17.3 Å². The maximum Gasteiger partial charge on any atom is 0.511 e. The molecule has 1 unspecified atom stereocenters. The molecule has 1 saturated heterocycles. The number of halogens is 1. The first-order chi connectivity index (χ1) is 12.9. The third-order valence-electron chi connectivity index (χ3n) is 5.03. The minimum Gasteiger partial charge on any atom is -0.449 e. The Morgan fingerprint density at radius 3 is 2.70 bits per heavy atom. The van der Waals surface area contributed by atoms with E-state index >= 15 is 0 Å². The van der Waals surface area contributed by atoms with E-state index in [2.05, 4.69) is 10.7 Å². The van der Waals surface area contributed by atoms with Crippen LogP contribution < -0.4 is 20.8 Å². The summed E-state index contributed by atoms with van der Waals surface area (Å²) < 4.78 is 21.3. The van der Waals surface area contributed by atoms with Crippen molar-refractivity contribution in [2.75, 3.05) is 18.0 Å². The monoisotopic (exact) mass is 371 g/mol. The number of carbonyl (C=O) groups is 1. The highest BCUT2D eigenvalue weighted by Gasteiger charge is 2.31. The van der Waals surface area contributed by atoms with Crippen LogP contribution in [-0.4, -0.2) is 35.0 Å². The Labute approximate surface area is 154 Å². The molecular weight excluding hydrogens is 353 g/mol. The predicted octanol–water partition coefficient (Wildman–Crippen LogP) is 2.05. The Morgan fingerprint density at radius 2 is 2.15 bits per heavy atom. The molecule has 4 rings (SSSR count). The molecule has 0 bridgehead atoms. The number of nitrogens with zero attached hydrogens (tertiary/aromatic N) is 2. The second-order valence-electron chi connectivity index (χ2n) is 6.95. The summed E-state index contributed by atoms with van der Waals surface area (Å²) in [5, 5.41) is 8.89. The molecule has 0 amide bonds. The first kappa shape index (κ1) is 17.4. The number of hydrogen-bond donors (Lipinski definition) is 2. The average Bonchev–Trinajstić information content (AvgIpc) is 3.37. The van der Waals surface area contributed by atoms with Gasteiger partial charge in [-0.15, -0.1) is 6.42 Å². The van der Waals surface area contributed by atoms with Crippen molar-refractivity contribution in [3.63, 3.8) is 0 Å². The lowest BCUT2D eigenvalue weighted by Gasteiger charge is -2.23. The Kier molecular flexibility index (Phi) is 4.04. The zero-order chi connectivity index (χ0) is 19.3. The van der Waals surface area contributed by atoms with Crippen molar-refractivity contribution < 1.29 is 19.0 Å². The molecule has 3 N–H and O–H groups in total. The van der Waals surface area contributed by atoms with E-state index in [-0.39, 0.29) is 34.5 Å². The summed E-state index contributed by atoms with van der Waals surface area (Å²) in [6, 6.07) is 1.11. The van der Waals surface area contributed by atoms with Crippen molar-refractivity contribution in [2.45, 2.75) is 31.3 Å². The van der Waals surface area contributed by atoms with E-state index in [0.29, 0.717) is 18.6 Å². The summed E-state index contributed by atoms with van der Waals surface area (Å²) in [6.07, 6.45) is 7.92.